The van der Waals surface area contributed by atoms with E-state index < -0.39 is 5.54 Å². The van der Waals surface area contributed by atoms with Gasteiger partial charge in [-0.1, -0.05) is 48.7 Å². The number of rotatable bonds is 2. The second kappa shape index (κ2) is 4.95. The summed E-state index contributed by atoms with van der Waals surface area (Å²) in [5.74, 6) is 1.72. The molecule has 1 heterocycles. The number of nitrogens with zero attached hydrogens (tertiary/aromatic N) is 2. The van der Waals surface area contributed by atoms with Crippen molar-refractivity contribution in [1.82, 2.24) is 10.1 Å². The molecule has 1 unspecified atom stereocenters. The van der Waals surface area contributed by atoms with E-state index in [0.29, 0.717) is 5.89 Å². The van der Waals surface area contributed by atoms with Crippen molar-refractivity contribution >= 4 is 0 Å². The van der Waals surface area contributed by atoms with Gasteiger partial charge in [-0.05, 0) is 36.8 Å². The minimum Gasteiger partial charge on any atom is -0.337 e. The molecule has 4 nitrogen and oxygen atoms in total. The molecular formula is C17H21N3O. The first-order valence-corrected chi connectivity index (χ1v) is 7.97. The molecule has 1 atom stereocenters. The highest BCUT2D eigenvalue weighted by molar-refractivity contribution is 5.38. The van der Waals surface area contributed by atoms with Gasteiger partial charge in [0.25, 0.3) is 0 Å². The van der Waals surface area contributed by atoms with Crippen LogP contribution in [0.15, 0.2) is 28.8 Å². The Morgan fingerprint density at radius 2 is 1.95 bits per heavy atom. The maximum Gasteiger partial charge on any atom is 0.246 e. The average molecular weight is 283 g/mol. The van der Waals surface area contributed by atoms with E-state index in [2.05, 4.69) is 34.4 Å². The number of benzene rings is 1. The number of fused-ring (bicyclic) bond motifs is 1. The van der Waals surface area contributed by atoms with Gasteiger partial charge in [0.15, 0.2) is 5.82 Å². The van der Waals surface area contributed by atoms with Gasteiger partial charge >= 0.3 is 0 Å². The van der Waals surface area contributed by atoms with Crippen LogP contribution in [0.3, 0.4) is 0 Å². The zero-order valence-corrected chi connectivity index (χ0v) is 12.2. The summed E-state index contributed by atoms with van der Waals surface area (Å²) in [7, 11) is 0. The fourth-order valence-corrected chi connectivity index (χ4v) is 3.80. The van der Waals surface area contributed by atoms with Crippen molar-refractivity contribution in [2.75, 3.05) is 0 Å². The average Bonchev–Trinajstić information content (AvgIpc) is 3.15. The third-order valence-electron chi connectivity index (χ3n) is 5.06. The molecule has 4 rings (SSSR count). The van der Waals surface area contributed by atoms with Crippen LogP contribution >= 0.6 is 0 Å². The van der Waals surface area contributed by atoms with Crippen molar-refractivity contribution in [3.63, 3.8) is 0 Å². The molecule has 0 amide bonds. The van der Waals surface area contributed by atoms with Crippen molar-refractivity contribution in [1.29, 1.82) is 0 Å². The van der Waals surface area contributed by atoms with Gasteiger partial charge in [-0.25, -0.2) is 0 Å². The Balaban J connectivity index is 1.64. The van der Waals surface area contributed by atoms with E-state index in [-0.39, 0.29) is 5.92 Å². The van der Waals surface area contributed by atoms with E-state index in [4.69, 9.17) is 10.3 Å². The second-order valence-corrected chi connectivity index (χ2v) is 6.46. The molecule has 0 radical (unpaired) electrons. The predicted molar refractivity (Wildman–Crippen MR) is 79.9 cm³/mol. The molecule has 2 aliphatic carbocycles. The topological polar surface area (TPSA) is 64.9 Å². The van der Waals surface area contributed by atoms with Gasteiger partial charge in [-0.15, -0.1) is 0 Å². The van der Waals surface area contributed by atoms with Gasteiger partial charge in [0, 0.05) is 5.92 Å². The predicted octanol–water partition coefficient (Wildman–Crippen LogP) is 3.27. The lowest BCUT2D eigenvalue weighted by Gasteiger charge is -2.29. The smallest absolute Gasteiger partial charge is 0.246 e. The van der Waals surface area contributed by atoms with Crippen LogP contribution in [0.2, 0.25) is 0 Å². The van der Waals surface area contributed by atoms with E-state index in [1.807, 2.05) is 0 Å². The monoisotopic (exact) mass is 283 g/mol. The highest BCUT2D eigenvalue weighted by atomic mass is 16.5. The zero-order valence-electron chi connectivity index (χ0n) is 12.2. The molecule has 110 valence electrons. The summed E-state index contributed by atoms with van der Waals surface area (Å²) in [6.45, 7) is 0. The summed E-state index contributed by atoms with van der Waals surface area (Å²) in [5.41, 5.74) is 8.85. The van der Waals surface area contributed by atoms with Crippen LogP contribution in [0.25, 0.3) is 0 Å². The molecule has 21 heavy (non-hydrogen) atoms. The Hall–Kier alpha value is -1.68. The van der Waals surface area contributed by atoms with E-state index in [1.54, 1.807) is 0 Å². The van der Waals surface area contributed by atoms with Crippen LogP contribution in [0.1, 0.15) is 67.3 Å². The van der Waals surface area contributed by atoms with E-state index in [0.717, 1.165) is 44.3 Å². The molecule has 2 N–H and O–H groups in total. The van der Waals surface area contributed by atoms with Crippen molar-refractivity contribution in [2.45, 2.75) is 56.4 Å². The summed E-state index contributed by atoms with van der Waals surface area (Å²) >= 11 is 0. The fraction of sp³-hybridized carbons (Fsp3) is 0.529. The molecule has 1 fully saturated rings. The maximum absolute atomic E-state index is 6.49. The van der Waals surface area contributed by atoms with Gasteiger partial charge in [-0.2, -0.15) is 4.98 Å². The summed E-state index contributed by atoms with van der Waals surface area (Å²) in [6.07, 6.45) is 7.64. The summed E-state index contributed by atoms with van der Waals surface area (Å²) in [4.78, 5) is 4.68. The number of aryl methyl sites for hydroxylation is 1. The molecular weight excluding hydrogens is 262 g/mol. The zero-order chi connectivity index (χ0) is 14.3. The first-order valence-electron chi connectivity index (χ1n) is 7.97. The Morgan fingerprint density at radius 1 is 1.14 bits per heavy atom. The number of hydrogen-bond donors (Lipinski definition) is 1. The molecule has 4 heteroatoms. The Labute approximate surface area is 124 Å². The molecule has 0 bridgehead atoms. The highest BCUT2D eigenvalue weighted by Gasteiger charge is 2.36. The fourth-order valence-electron chi connectivity index (χ4n) is 3.80. The molecule has 0 spiro atoms. The maximum atomic E-state index is 6.49. The van der Waals surface area contributed by atoms with Gasteiger partial charge in [0.05, 0.1) is 5.54 Å². The number of hydrogen-bond acceptors (Lipinski definition) is 4. The van der Waals surface area contributed by atoms with Crippen molar-refractivity contribution in [3.05, 3.63) is 47.1 Å². The molecule has 2 aromatic rings. The molecule has 0 aliphatic heterocycles. The Bertz CT molecular complexity index is 643. The summed E-state index contributed by atoms with van der Waals surface area (Å²) in [6, 6.07) is 8.56. The van der Waals surface area contributed by atoms with Gasteiger partial charge in [-0.3, -0.25) is 0 Å². The van der Waals surface area contributed by atoms with Crippen LogP contribution in [0.4, 0.5) is 0 Å². The molecule has 1 aromatic heterocycles. The van der Waals surface area contributed by atoms with Gasteiger partial charge in [0.1, 0.15) is 0 Å². The van der Waals surface area contributed by atoms with E-state index in [9.17, 15) is 0 Å². The molecule has 1 saturated carbocycles. The van der Waals surface area contributed by atoms with Gasteiger partial charge in [0.2, 0.25) is 5.89 Å². The van der Waals surface area contributed by atoms with Crippen LogP contribution in [-0.2, 0) is 12.0 Å². The second-order valence-electron chi connectivity index (χ2n) is 6.46. The lowest BCUT2D eigenvalue weighted by atomic mass is 9.82. The van der Waals surface area contributed by atoms with Crippen LogP contribution < -0.4 is 5.73 Å². The highest BCUT2D eigenvalue weighted by Crippen LogP contribution is 2.38. The van der Waals surface area contributed by atoms with E-state index in [1.165, 1.54) is 17.5 Å². The standard InChI is InChI=1S/C17H21N3O/c18-17(10-4-1-5-11-17)16-19-15(20-21-16)14-9-8-12-6-2-3-7-13(12)14/h2-3,6-7,14H,1,4-5,8-11,18H2. The number of nitrogens with two attached hydrogens (primary N) is 1. The molecule has 0 saturated heterocycles. The summed E-state index contributed by atoms with van der Waals surface area (Å²) < 4.78 is 5.55. The normalized spacial score (nSPS) is 24.0. The lowest BCUT2D eigenvalue weighted by Crippen LogP contribution is -2.39. The summed E-state index contributed by atoms with van der Waals surface area (Å²) in [5, 5.41) is 4.25. The minimum atomic E-state index is -0.401. The largest absolute Gasteiger partial charge is 0.337 e. The van der Waals surface area contributed by atoms with Gasteiger partial charge < -0.3 is 10.3 Å². The van der Waals surface area contributed by atoms with Crippen molar-refractivity contribution < 1.29 is 4.52 Å². The third kappa shape index (κ3) is 2.18. The first-order chi connectivity index (χ1) is 10.3. The van der Waals surface area contributed by atoms with Crippen LogP contribution in [0.5, 0.6) is 0 Å². The van der Waals surface area contributed by atoms with Crippen LogP contribution in [0, 0.1) is 0 Å². The third-order valence-corrected chi connectivity index (χ3v) is 5.06. The lowest BCUT2D eigenvalue weighted by molar-refractivity contribution is 0.219. The van der Waals surface area contributed by atoms with E-state index >= 15 is 0 Å². The quantitative estimate of drug-likeness (QED) is 0.918. The van der Waals surface area contributed by atoms with Crippen LogP contribution in [-0.4, -0.2) is 10.1 Å². The molecule has 1 aromatic carbocycles. The number of aromatic nitrogens is 2. The Kier molecular flexibility index (Phi) is 3.07. The minimum absolute atomic E-state index is 0.269. The van der Waals surface area contributed by atoms with Crippen molar-refractivity contribution in [3.8, 4) is 0 Å². The van der Waals surface area contributed by atoms with Crippen molar-refractivity contribution in [2.24, 2.45) is 5.73 Å². The SMILES string of the molecule is NC1(c2nc(C3CCc4ccccc43)no2)CCCCC1. The first kappa shape index (κ1) is 13.0. The Morgan fingerprint density at radius 3 is 2.81 bits per heavy atom. The molecule has 2 aliphatic rings.